The van der Waals surface area contributed by atoms with E-state index < -0.39 is 0 Å². The van der Waals surface area contributed by atoms with Gasteiger partial charge in [-0.25, -0.2) is 0 Å². The molecule has 2 nitrogen and oxygen atoms in total. The summed E-state index contributed by atoms with van der Waals surface area (Å²) in [7, 11) is 0. The molecule has 0 aliphatic heterocycles. The van der Waals surface area contributed by atoms with Crippen molar-refractivity contribution in [1.82, 2.24) is 0 Å². The number of benzene rings is 1. The van der Waals surface area contributed by atoms with Gasteiger partial charge in [0.1, 0.15) is 11.8 Å². The number of hydrogen-bond donors (Lipinski definition) is 0. The molecular formula is C15H21NO. The minimum absolute atomic E-state index is 0.192. The first-order valence-electron chi connectivity index (χ1n) is 6.20. The van der Waals surface area contributed by atoms with Gasteiger partial charge < -0.3 is 4.74 Å². The molecule has 1 unspecified atom stereocenters. The van der Waals surface area contributed by atoms with Crippen LogP contribution in [0.25, 0.3) is 0 Å². The molecule has 0 fully saturated rings. The van der Waals surface area contributed by atoms with Gasteiger partial charge in [-0.2, -0.15) is 5.26 Å². The van der Waals surface area contributed by atoms with Gasteiger partial charge in [-0.1, -0.05) is 39.8 Å². The monoisotopic (exact) mass is 231 g/mol. The van der Waals surface area contributed by atoms with E-state index in [0.717, 1.165) is 12.2 Å². The zero-order chi connectivity index (χ0) is 12.9. The number of hydrogen-bond acceptors (Lipinski definition) is 2. The topological polar surface area (TPSA) is 33.0 Å². The molecule has 0 aromatic heterocycles. The summed E-state index contributed by atoms with van der Waals surface area (Å²) in [6, 6.07) is 10.2. The average molecular weight is 231 g/mol. The minimum atomic E-state index is -0.347. The SMILES string of the molecule is CCC(C#N)Oc1ccc(C(C)(C)CC)cc1. The Morgan fingerprint density at radius 1 is 1.24 bits per heavy atom. The van der Waals surface area contributed by atoms with Crippen molar-refractivity contribution in [2.45, 2.75) is 52.1 Å². The highest BCUT2D eigenvalue weighted by Crippen LogP contribution is 2.28. The summed E-state index contributed by atoms with van der Waals surface area (Å²) in [4.78, 5) is 0. The molecule has 0 saturated carbocycles. The first-order chi connectivity index (χ1) is 8.03. The Hall–Kier alpha value is -1.49. The first-order valence-corrected chi connectivity index (χ1v) is 6.20. The van der Waals surface area contributed by atoms with E-state index in [4.69, 9.17) is 10.00 Å². The second-order valence-corrected chi connectivity index (χ2v) is 4.91. The van der Waals surface area contributed by atoms with Crippen LogP contribution in [0.3, 0.4) is 0 Å². The van der Waals surface area contributed by atoms with Crippen LogP contribution in [-0.2, 0) is 5.41 Å². The highest BCUT2D eigenvalue weighted by Gasteiger charge is 2.17. The summed E-state index contributed by atoms with van der Waals surface area (Å²) in [6.45, 7) is 8.59. The maximum absolute atomic E-state index is 8.83. The lowest BCUT2D eigenvalue weighted by Gasteiger charge is -2.23. The van der Waals surface area contributed by atoms with E-state index in [1.807, 2.05) is 19.1 Å². The molecule has 0 saturated heterocycles. The van der Waals surface area contributed by atoms with Gasteiger partial charge in [-0.3, -0.25) is 0 Å². The molecule has 0 radical (unpaired) electrons. The Morgan fingerprint density at radius 2 is 1.82 bits per heavy atom. The van der Waals surface area contributed by atoms with Crippen LogP contribution in [0, 0.1) is 11.3 Å². The van der Waals surface area contributed by atoms with Gasteiger partial charge >= 0.3 is 0 Å². The minimum Gasteiger partial charge on any atom is -0.476 e. The fourth-order valence-electron chi connectivity index (χ4n) is 1.55. The van der Waals surface area contributed by atoms with Crippen LogP contribution in [0.4, 0.5) is 0 Å². The summed E-state index contributed by atoms with van der Waals surface area (Å²) >= 11 is 0. The maximum Gasteiger partial charge on any atom is 0.184 e. The molecule has 0 aliphatic carbocycles. The van der Waals surface area contributed by atoms with Crippen LogP contribution in [0.15, 0.2) is 24.3 Å². The average Bonchev–Trinajstić information content (AvgIpc) is 2.36. The number of rotatable bonds is 5. The van der Waals surface area contributed by atoms with Crippen LogP contribution in [0.5, 0.6) is 5.75 Å². The zero-order valence-corrected chi connectivity index (χ0v) is 11.2. The fraction of sp³-hybridized carbons (Fsp3) is 0.533. The van der Waals surface area contributed by atoms with Gasteiger partial charge in [0.2, 0.25) is 0 Å². The fourth-order valence-corrected chi connectivity index (χ4v) is 1.55. The molecule has 2 heteroatoms. The quantitative estimate of drug-likeness (QED) is 0.765. The standard InChI is InChI=1S/C15H21NO/c1-5-13(11-16)17-14-9-7-12(8-10-14)15(3,4)6-2/h7-10,13H,5-6H2,1-4H3. The third kappa shape index (κ3) is 3.49. The summed E-state index contributed by atoms with van der Waals surface area (Å²) in [5.74, 6) is 0.772. The Kier molecular flexibility index (Phi) is 4.57. The Balaban J connectivity index is 2.79. The summed E-state index contributed by atoms with van der Waals surface area (Å²) < 4.78 is 5.55. The van der Waals surface area contributed by atoms with Crippen LogP contribution >= 0.6 is 0 Å². The van der Waals surface area contributed by atoms with Gasteiger partial charge in [0.25, 0.3) is 0 Å². The van der Waals surface area contributed by atoms with Crippen LogP contribution in [0.2, 0.25) is 0 Å². The second-order valence-electron chi connectivity index (χ2n) is 4.91. The van der Waals surface area contributed by atoms with Gasteiger partial charge in [-0.05, 0) is 36.0 Å². The van der Waals surface area contributed by atoms with Gasteiger partial charge in [0.05, 0.1) is 0 Å². The van der Waals surface area contributed by atoms with Crippen molar-refractivity contribution < 1.29 is 4.74 Å². The highest BCUT2D eigenvalue weighted by molar-refractivity contribution is 5.31. The van der Waals surface area contributed by atoms with E-state index in [1.165, 1.54) is 5.56 Å². The normalized spacial score (nSPS) is 12.9. The predicted molar refractivity (Wildman–Crippen MR) is 70.1 cm³/mol. The number of ether oxygens (including phenoxy) is 1. The smallest absolute Gasteiger partial charge is 0.184 e. The Labute approximate surface area is 104 Å². The Bertz CT molecular complexity index is 386. The lowest BCUT2D eigenvalue weighted by molar-refractivity contribution is 0.252. The number of nitrogens with zero attached hydrogens (tertiary/aromatic N) is 1. The van der Waals surface area contributed by atoms with Gasteiger partial charge in [0.15, 0.2) is 6.10 Å². The molecule has 0 heterocycles. The van der Waals surface area contributed by atoms with E-state index >= 15 is 0 Å². The summed E-state index contributed by atoms with van der Waals surface area (Å²) in [5.41, 5.74) is 1.50. The predicted octanol–water partition coefficient (Wildman–Crippen LogP) is 4.06. The third-order valence-corrected chi connectivity index (χ3v) is 3.31. The van der Waals surface area contributed by atoms with Crippen molar-refractivity contribution in [3.63, 3.8) is 0 Å². The molecule has 0 N–H and O–H groups in total. The highest BCUT2D eigenvalue weighted by atomic mass is 16.5. The van der Waals surface area contributed by atoms with Crippen LogP contribution < -0.4 is 4.74 Å². The van der Waals surface area contributed by atoms with Gasteiger partial charge in [-0.15, -0.1) is 0 Å². The molecule has 0 spiro atoms. The summed E-state index contributed by atoms with van der Waals surface area (Å²) in [5, 5.41) is 8.83. The zero-order valence-electron chi connectivity index (χ0n) is 11.2. The second kappa shape index (κ2) is 5.72. The molecule has 1 rings (SSSR count). The molecule has 1 aromatic carbocycles. The first kappa shape index (κ1) is 13.6. The van der Waals surface area contributed by atoms with Crippen molar-refractivity contribution in [2.75, 3.05) is 0 Å². The Morgan fingerprint density at radius 3 is 2.24 bits per heavy atom. The maximum atomic E-state index is 8.83. The summed E-state index contributed by atoms with van der Waals surface area (Å²) in [6.07, 6.45) is 1.46. The van der Waals surface area contributed by atoms with E-state index in [-0.39, 0.29) is 11.5 Å². The molecule has 1 aromatic rings. The van der Waals surface area contributed by atoms with E-state index in [9.17, 15) is 0 Å². The molecule has 0 amide bonds. The lowest BCUT2D eigenvalue weighted by atomic mass is 9.82. The van der Waals surface area contributed by atoms with Crippen molar-refractivity contribution >= 4 is 0 Å². The largest absolute Gasteiger partial charge is 0.476 e. The van der Waals surface area contributed by atoms with Crippen LogP contribution in [-0.4, -0.2) is 6.10 Å². The van der Waals surface area contributed by atoms with Crippen molar-refractivity contribution in [3.05, 3.63) is 29.8 Å². The van der Waals surface area contributed by atoms with Crippen molar-refractivity contribution in [1.29, 1.82) is 5.26 Å². The number of nitriles is 1. The van der Waals surface area contributed by atoms with Crippen molar-refractivity contribution in [3.8, 4) is 11.8 Å². The van der Waals surface area contributed by atoms with Crippen molar-refractivity contribution in [2.24, 2.45) is 0 Å². The van der Waals surface area contributed by atoms with Crippen LogP contribution in [0.1, 0.15) is 46.1 Å². The molecule has 0 aliphatic rings. The molecule has 1 atom stereocenters. The third-order valence-electron chi connectivity index (χ3n) is 3.31. The molecule has 0 bridgehead atoms. The molecular weight excluding hydrogens is 210 g/mol. The van der Waals surface area contributed by atoms with E-state index in [1.54, 1.807) is 0 Å². The van der Waals surface area contributed by atoms with E-state index in [0.29, 0.717) is 6.42 Å². The lowest BCUT2D eigenvalue weighted by Crippen LogP contribution is -2.16. The van der Waals surface area contributed by atoms with E-state index in [2.05, 4.69) is 39.0 Å². The van der Waals surface area contributed by atoms with Gasteiger partial charge in [0, 0.05) is 0 Å². The molecule has 17 heavy (non-hydrogen) atoms. The molecule has 92 valence electrons.